The van der Waals surface area contributed by atoms with Gasteiger partial charge in [0, 0.05) is 19.6 Å². The Kier molecular flexibility index (Phi) is 7.93. The van der Waals surface area contributed by atoms with E-state index in [2.05, 4.69) is 48.6 Å². The summed E-state index contributed by atoms with van der Waals surface area (Å²) in [5.74, 6) is 1.29. The fourth-order valence-electron chi connectivity index (χ4n) is 4.72. The molecule has 29 heavy (non-hydrogen) atoms. The quantitative estimate of drug-likeness (QED) is 0.402. The van der Waals surface area contributed by atoms with Crippen LogP contribution in [0.25, 0.3) is 14.7 Å². The average Bonchev–Trinajstić information content (AvgIpc) is 3.35. The Morgan fingerprint density at radius 1 is 1.03 bits per heavy atom. The summed E-state index contributed by atoms with van der Waals surface area (Å²) in [6, 6.07) is 0. The van der Waals surface area contributed by atoms with E-state index in [4.69, 9.17) is 0 Å². The molecule has 2 aliphatic rings. The number of hydrogen-bond donors (Lipinski definition) is 0. The molecule has 3 heterocycles. The zero-order chi connectivity index (χ0) is 20.2. The lowest BCUT2D eigenvalue weighted by Gasteiger charge is -2.19. The largest absolute Gasteiger partial charge is 0.142 e. The molecule has 0 nitrogen and oxygen atoms in total. The van der Waals surface area contributed by atoms with Crippen LogP contribution in [0.5, 0.6) is 0 Å². The average molecular weight is 463 g/mol. The first-order valence-electron chi connectivity index (χ1n) is 11.4. The lowest BCUT2D eigenvalue weighted by molar-refractivity contribution is 0.602. The summed E-state index contributed by atoms with van der Waals surface area (Å²) < 4.78 is 0. The third-order valence-electron chi connectivity index (χ3n) is 6.31. The summed E-state index contributed by atoms with van der Waals surface area (Å²) in [6.45, 7) is 4.64. The standard InChI is InChI=1S/C25H34S4/c1-4-6-13-19-17(5-2)16-28-22(19)25-23-20(14-10-15-27-23)24(29-25)21(26-3)18-11-8-7-9-12-18/h16H,4-15H2,1-3H3. The molecule has 0 aromatic carbocycles. The highest BCUT2D eigenvalue weighted by molar-refractivity contribution is 8.08. The Balaban J connectivity index is 1.83. The van der Waals surface area contributed by atoms with Gasteiger partial charge in [0.05, 0.1) is 4.88 Å². The lowest BCUT2D eigenvalue weighted by atomic mass is 9.93. The summed E-state index contributed by atoms with van der Waals surface area (Å²) in [6.07, 6.45) is 16.8. The Hall–Kier alpha value is -0.160. The lowest BCUT2D eigenvalue weighted by Crippen LogP contribution is -2.01. The van der Waals surface area contributed by atoms with Crippen molar-refractivity contribution in [3.05, 3.63) is 32.5 Å². The number of thioether (sulfide) groups is 2. The number of fused-ring (bicyclic) bond motifs is 1. The molecule has 4 heteroatoms. The highest BCUT2D eigenvalue weighted by Gasteiger charge is 2.28. The van der Waals surface area contributed by atoms with Gasteiger partial charge in [-0.3, -0.25) is 0 Å². The minimum Gasteiger partial charge on any atom is -0.142 e. The topological polar surface area (TPSA) is 0 Å². The van der Waals surface area contributed by atoms with E-state index in [1.54, 1.807) is 46.7 Å². The van der Waals surface area contributed by atoms with E-state index in [-0.39, 0.29) is 0 Å². The molecule has 2 aromatic rings. The number of allylic oxidation sites excluding steroid dienone is 1. The van der Waals surface area contributed by atoms with E-state index < -0.39 is 0 Å². The van der Waals surface area contributed by atoms with Crippen LogP contribution in [0.2, 0.25) is 0 Å². The van der Waals surface area contributed by atoms with E-state index in [0.29, 0.717) is 0 Å². The predicted octanol–water partition coefficient (Wildman–Crippen LogP) is 9.46. The van der Waals surface area contributed by atoms with Gasteiger partial charge in [-0.05, 0) is 91.9 Å². The summed E-state index contributed by atoms with van der Waals surface area (Å²) in [4.78, 5) is 8.13. The first-order valence-corrected chi connectivity index (χ1v) is 15.3. The van der Waals surface area contributed by atoms with E-state index in [9.17, 15) is 0 Å². The first kappa shape index (κ1) is 22.0. The Morgan fingerprint density at radius 3 is 2.59 bits per heavy atom. The molecule has 0 spiro atoms. The van der Waals surface area contributed by atoms with Crippen LogP contribution >= 0.6 is 46.2 Å². The molecule has 1 saturated carbocycles. The van der Waals surface area contributed by atoms with Gasteiger partial charge in [-0.15, -0.1) is 46.2 Å². The zero-order valence-corrected chi connectivity index (χ0v) is 21.5. The molecule has 1 fully saturated rings. The van der Waals surface area contributed by atoms with Crippen LogP contribution in [-0.4, -0.2) is 12.0 Å². The second-order valence-corrected chi connectivity index (χ2v) is 12.1. The normalized spacial score (nSPS) is 16.9. The maximum atomic E-state index is 2.45. The second-order valence-electron chi connectivity index (χ2n) is 8.24. The fraction of sp³-hybridized carbons (Fsp3) is 0.600. The van der Waals surface area contributed by atoms with Gasteiger partial charge < -0.3 is 0 Å². The molecule has 0 radical (unpaired) electrons. The minimum atomic E-state index is 1.17. The number of aryl methyl sites for hydroxylation is 1. The van der Waals surface area contributed by atoms with Crippen LogP contribution in [0.15, 0.2) is 15.8 Å². The van der Waals surface area contributed by atoms with Crippen LogP contribution in [-0.2, 0) is 19.3 Å². The van der Waals surface area contributed by atoms with Gasteiger partial charge in [0.2, 0.25) is 0 Å². The molecule has 2 aromatic heterocycles. The summed E-state index contributed by atoms with van der Waals surface area (Å²) >= 11 is 8.32. The van der Waals surface area contributed by atoms with Crippen molar-refractivity contribution in [2.24, 2.45) is 0 Å². The summed E-state index contributed by atoms with van der Waals surface area (Å²) in [5, 5.41) is 2.45. The van der Waals surface area contributed by atoms with Crippen molar-refractivity contribution in [2.45, 2.75) is 89.4 Å². The molecular formula is C25H34S4. The van der Waals surface area contributed by atoms with E-state index >= 15 is 0 Å². The Labute approximate surface area is 194 Å². The first-order chi connectivity index (χ1) is 14.3. The number of hydrogen-bond acceptors (Lipinski definition) is 4. The molecule has 1 aliphatic carbocycles. The van der Waals surface area contributed by atoms with Crippen LogP contribution in [0, 0.1) is 0 Å². The molecule has 0 bridgehead atoms. The molecule has 4 rings (SSSR count). The van der Waals surface area contributed by atoms with Crippen molar-refractivity contribution in [1.82, 2.24) is 0 Å². The van der Waals surface area contributed by atoms with Gasteiger partial charge >= 0.3 is 0 Å². The van der Waals surface area contributed by atoms with Crippen molar-refractivity contribution in [3.63, 3.8) is 0 Å². The third kappa shape index (κ3) is 4.56. The monoisotopic (exact) mass is 462 g/mol. The van der Waals surface area contributed by atoms with Crippen molar-refractivity contribution in [2.75, 3.05) is 12.0 Å². The SMILES string of the molecule is CCCCc1c(CC)csc1-c1sc(C(SC)=C2CCCCC2)c2c1SCCC2. The summed E-state index contributed by atoms with van der Waals surface area (Å²) in [5.41, 5.74) is 6.70. The minimum absolute atomic E-state index is 1.17. The van der Waals surface area contributed by atoms with Gasteiger partial charge in [0.1, 0.15) is 0 Å². The highest BCUT2D eigenvalue weighted by atomic mass is 32.2. The predicted molar refractivity (Wildman–Crippen MR) is 138 cm³/mol. The maximum absolute atomic E-state index is 2.45. The number of rotatable bonds is 7. The van der Waals surface area contributed by atoms with Crippen molar-refractivity contribution >= 4 is 51.1 Å². The van der Waals surface area contributed by atoms with Crippen LogP contribution in [0.3, 0.4) is 0 Å². The molecule has 0 amide bonds. The number of thiophene rings is 2. The smallest absolute Gasteiger partial charge is 0.0591 e. The van der Waals surface area contributed by atoms with E-state index in [0.717, 1.165) is 0 Å². The van der Waals surface area contributed by atoms with Crippen LogP contribution < -0.4 is 0 Å². The fourth-order valence-corrected chi connectivity index (χ4v) is 10.1. The summed E-state index contributed by atoms with van der Waals surface area (Å²) in [7, 11) is 0. The van der Waals surface area contributed by atoms with Crippen molar-refractivity contribution < 1.29 is 0 Å². The van der Waals surface area contributed by atoms with Gasteiger partial charge in [-0.2, -0.15) is 0 Å². The Morgan fingerprint density at radius 2 is 1.86 bits per heavy atom. The third-order valence-corrected chi connectivity index (χ3v) is 11.2. The van der Waals surface area contributed by atoms with Gasteiger partial charge in [0.25, 0.3) is 0 Å². The molecule has 0 N–H and O–H groups in total. The molecule has 0 saturated heterocycles. The molecule has 1 aliphatic heterocycles. The van der Waals surface area contributed by atoms with E-state index in [1.807, 2.05) is 23.1 Å². The number of unbranched alkanes of at least 4 members (excludes halogenated alkanes) is 1. The zero-order valence-electron chi connectivity index (χ0n) is 18.2. The molecule has 0 atom stereocenters. The van der Waals surface area contributed by atoms with Crippen LogP contribution in [0.1, 0.15) is 86.8 Å². The van der Waals surface area contributed by atoms with Gasteiger partial charge in [-0.25, -0.2) is 0 Å². The molecular weight excluding hydrogens is 429 g/mol. The Bertz CT molecular complexity index is 860. The second kappa shape index (κ2) is 10.4. The van der Waals surface area contributed by atoms with Gasteiger partial charge in [-0.1, -0.05) is 32.3 Å². The highest BCUT2D eigenvalue weighted by Crippen LogP contribution is 2.53. The molecule has 158 valence electrons. The van der Waals surface area contributed by atoms with Crippen LogP contribution in [0.4, 0.5) is 0 Å². The van der Waals surface area contributed by atoms with Gasteiger partial charge in [0.15, 0.2) is 0 Å². The van der Waals surface area contributed by atoms with Crippen molar-refractivity contribution in [3.8, 4) is 9.75 Å². The molecule has 0 unspecified atom stereocenters. The van der Waals surface area contributed by atoms with Crippen molar-refractivity contribution in [1.29, 1.82) is 0 Å². The van der Waals surface area contributed by atoms with E-state index in [1.165, 1.54) is 76.4 Å². The maximum Gasteiger partial charge on any atom is 0.0591 e.